The SMILES string of the molecule is Cn1cc(Cl)c(C(=O)/C=C/c2ccc(COc3ccc([N+](=O)[O-])cc3)o2)n1. The highest BCUT2D eigenvalue weighted by Gasteiger charge is 2.12. The number of carbonyl (C=O) groups is 1. The first-order valence-electron chi connectivity index (χ1n) is 7.80. The third-order valence-electron chi connectivity index (χ3n) is 3.53. The van der Waals surface area contributed by atoms with Crippen molar-refractivity contribution < 1.29 is 18.9 Å². The molecular weight excluding hydrogens is 374 g/mol. The molecule has 0 N–H and O–H groups in total. The number of nitrogens with zero attached hydrogens (tertiary/aromatic N) is 3. The van der Waals surface area contributed by atoms with E-state index >= 15 is 0 Å². The number of nitro benzene ring substituents is 1. The third kappa shape index (κ3) is 4.62. The van der Waals surface area contributed by atoms with Crippen LogP contribution in [0.1, 0.15) is 22.0 Å². The van der Waals surface area contributed by atoms with E-state index < -0.39 is 4.92 Å². The molecule has 0 aliphatic rings. The first kappa shape index (κ1) is 18.4. The predicted octanol–water partition coefficient (Wildman–Crippen LogP) is 4.05. The monoisotopic (exact) mass is 387 g/mol. The van der Waals surface area contributed by atoms with Gasteiger partial charge in [0, 0.05) is 25.4 Å². The highest BCUT2D eigenvalue weighted by molar-refractivity contribution is 6.34. The number of ketones is 1. The van der Waals surface area contributed by atoms with Crippen molar-refractivity contribution in [2.75, 3.05) is 0 Å². The van der Waals surface area contributed by atoms with Crippen LogP contribution in [0.3, 0.4) is 0 Å². The molecule has 138 valence electrons. The fraction of sp³-hybridized carbons (Fsp3) is 0.111. The molecule has 3 rings (SSSR count). The number of ether oxygens (including phenoxy) is 1. The number of nitro groups is 1. The Labute approximate surface area is 158 Å². The van der Waals surface area contributed by atoms with Gasteiger partial charge in [-0.05, 0) is 36.4 Å². The van der Waals surface area contributed by atoms with E-state index in [9.17, 15) is 14.9 Å². The van der Waals surface area contributed by atoms with Crippen molar-refractivity contribution in [3.05, 3.63) is 81.0 Å². The van der Waals surface area contributed by atoms with Crippen LogP contribution in [0.15, 0.2) is 53.1 Å². The van der Waals surface area contributed by atoms with Crippen molar-refractivity contribution >= 4 is 29.1 Å². The maximum absolute atomic E-state index is 12.1. The minimum absolute atomic E-state index is 0.00884. The molecule has 0 radical (unpaired) electrons. The number of halogens is 1. The van der Waals surface area contributed by atoms with Crippen molar-refractivity contribution in [1.29, 1.82) is 0 Å². The first-order valence-corrected chi connectivity index (χ1v) is 8.17. The van der Waals surface area contributed by atoms with Crippen LogP contribution in [-0.4, -0.2) is 20.5 Å². The lowest BCUT2D eigenvalue weighted by atomic mass is 10.2. The van der Waals surface area contributed by atoms with Crippen molar-refractivity contribution in [2.45, 2.75) is 6.61 Å². The topological polar surface area (TPSA) is 100 Å². The van der Waals surface area contributed by atoms with Gasteiger partial charge >= 0.3 is 0 Å². The van der Waals surface area contributed by atoms with Gasteiger partial charge in [-0.15, -0.1) is 0 Å². The molecule has 0 bridgehead atoms. The fourth-order valence-electron chi connectivity index (χ4n) is 2.24. The average molecular weight is 388 g/mol. The summed E-state index contributed by atoms with van der Waals surface area (Å²) in [7, 11) is 1.68. The number of benzene rings is 1. The van der Waals surface area contributed by atoms with Gasteiger partial charge in [-0.2, -0.15) is 5.10 Å². The Hall–Kier alpha value is -3.39. The van der Waals surface area contributed by atoms with Crippen molar-refractivity contribution in [3.8, 4) is 5.75 Å². The maximum atomic E-state index is 12.1. The fourth-order valence-corrected chi connectivity index (χ4v) is 2.52. The number of rotatable bonds is 7. The van der Waals surface area contributed by atoms with E-state index in [1.54, 1.807) is 25.4 Å². The van der Waals surface area contributed by atoms with Gasteiger partial charge in [0.25, 0.3) is 5.69 Å². The highest BCUT2D eigenvalue weighted by Crippen LogP contribution is 2.20. The van der Waals surface area contributed by atoms with Crippen LogP contribution in [0.5, 0.6) is 5.75 Å². The van der Waals surface area contributed by atoms with Gasteiger partial charge in [0.15, 0.2) is 5.69 Å². The van der Waals surface area contributed by atoms with Gasteiger partial charge in [0.2, 0.25) is 5.78 Å². The number of non-ortho nitro benzene ring substituents is 1. The molecule has 0 saturated carbocycles. The summed E-state index contributed by atoms with van der Waals surface area (Å²) in [6, 6.07) is 9.15. The van der Waals surface area contributed by atoms with Crippen molar-refractivity contribution in [3.63, 3.8) is 0 Å². The van der Waals surface area contributed by atoms with E-state index in [4.69, 9.17) is 20.8 Å². The van der Waals surface area contributed by atoms with Gasteiger partial charge < -0.3 is 9.15 Å². The number of aryl methyl sites for hydroxylation is 1. The van der Waals surface area contributed by atoms with Crippen LogP contribution in [0.2, 0.25) is 5.02 Å². The molecule has 2 heterocycles. The molecule has 0 aliphatic carbocycles. The summed E-state index contributed by atoms with van der Waals surface area (Å²) in [5.41, 5.74) is 0.161. The molecule has 0 amide bonds. The molecule has 27 heavy (non-hydrogen) atoms. The molecular formula is C18H14ClN3O5. The molecule has 0 atom stereocenters. The summed E-state index contributed by atoms with van der Waals surface area (Å²) in [4.78, 5) is 22.2. The van der Waals surface area contributed by atoms with Crippen LogP contribution >= 0.6 is 11.6 Å². The number of hydrogen-bond acceptors (Lipinski definition) is 6. The lowest BCUT2D eigenvalue weighted by molar-refractivity contribution is -0.384. The summed E-state index contributed by atoms with van der Waals surface area (Å²) in [5.74, 6) is 1.16. The molecule has 2 aromatic heterocycles. The standard InChI is InChI=1S/C18H14ClN3O5/c1-21-10-16(19)18(20-21)17(23)9-8-14-6-7-15(27-14)11-26-13-4-2-12(3-5-13)22(24)25/h2-10H,11H2,1H3/b9-8+. The Balaban J connectivity index is 1.58. The molecule has 1 aromatic carbocycles. The Morgan fingerprint density at radius 1 is 1.33 bits per heavy atom. The molecule has 3 aromatic rings. The minimum atomic E-state index is -0.478. The quantitative estimate of drug-likeness (QED) is 0.262. The zero-order chi connectivity index (χ0) is 19.4. The lowest BCUT2D eigenvalue weighted by Gasteiger charge is -2.03. The summed E-state index contributed by atoms with van der Waals surface area (Å²) in [6.45, 7) is 0.145. The molecule has 0 saturated heterocycles. The van der Waals surface area contributed by atoms with Crippen LogP contribution in [0, 0.1) is 10.1 Å². The highest BCUT2D eigenvalue weighted by atomic mass is 35.5. The summed E-state index contributed by atoms with van der Waals surface area (Å²) < 4.78 is 12.5. The minimum Gasteiger partial charge on any atom is -0.486 e. The number of hydrogen-bond donors (Lipinski definition) is 0. The number of furan rings is 1. The average Bonchev–Trinajstić information content (AvgIpc) is 3.24. The Bertz CT molecular complexity index is 1000. The predicted molar refractivity (Wildman–Crippen MR) is 97.7 cm³/mol. The van der Waals surface area contributed by atoms with Crippen molar-refractivity contribution in [2.24, 2.45) is 7.05 Å². The van der Waals surface area contributed by atoms with E-state index in [0.717, 1.165) is 0 Å². The van der Waals surface area contributed by atoms with E-state index in [-0.39, 0.29) is 28.8 Å². The second-order valence-corrected chi connectivity index (χ2v) is 5.95. The summed E-state index contributed by atoms with van der Waals surface area (Å²) in [5, 5.41) is 14.9. The van der Waals surface area contributed by atoms with E-state index in [1.165, 1.54) is 41.1 Å². The molecule has 0 aliphatic heterocycles. The van der Waals surface area contributed by atoms with Crippen LogP contribution in [-0.2, 0) is 13.7 Å². The smallest absolute Gasteiger partial charge is 0.269 e. The molecule has 0 fully saturated rings. The third-order valence-corrected chi connectivity index (χ3v) is 3.80. The Morgan fingerprint density at radius 2 is 2.07 bits per heavy atom. The van der Waals surface area contributed by atoms with Crippen LogP contribution in [0.25, 0.3) is 6.08 Å². The Morgan fingerprint density at radius 3 is 2.70 bits per heavy atom. The molecule has 0 unspecified atom stereocenters. The summed E-state index contributed by atoms with van der Waals surface area (Å²) in [6.07, 6.45) is 4.39. The zero-order valence-corrected chi connectivity index (χ0v) is 14.9. The summed E-state index contributed by atoms with van der Waals surface area (Å²) >= 11 is 5.94. The largest absolute Gasteiger partial charge is 0.486 e. The van der Waals surface area contributed by atoms with Crippen molar-refractivity contribution in [1.82, 2.24) is 9.78 Å². The normalized spacial score (nSPS) is 11.0. The first-order chi connectivity index (χ1) is 12.9. The molecule has 9 heteroatoms. The second kappa shape index (κ2) is 7.88. The van der Waals surface area contributed by atoms with Gasteiger partial charge in [0.05, 0.1) is 9.95 Å². The maximum Gasteiger partial charge on any atom is 0.269 e. The van der Waals surface area contributed by atoms with E-state index in [0.29, 0.717) is 17.3 Å². The molecule has 8 nitrogen and oxygen atoms in total. The van der Waals surface area contributed by atoms with Gasteiger partial charge in [-0.3, -0.25) is 19.6 Å². The van der Waals surface area contributed by atoms with Gasteiger partial charge in [-0.25, -0.2) is 0 Å². The number of allylic oxidation sites excluding steroid dienone is 1. The zero-order valence-electron chi connectivity index (χ0n) is 14.2. The van der Waals surface area contributed by atoms with Crippen LogP contribution in [0.4, 0.5) is 5.69 Å². The number of carbonyl (C=O) groups excluding carboxylic acids is 1. The second-order valence-electron chi connectivity index (χ2n) is 5.54. The van der Waals surface area contributed by atoms with E-state index in [2.05, 4.69) is 5.10 Å². The van der Waals surface area contributed by atoms with E-state index in [1.807, 2.05) is 0 Å². The number of aromatic nitrogens is 2. The molecule has 0 spiro atoms. The lowest BCUT2D eigenvalue weighted by Crippen LogP contribution is -1.98. The van der Waals surface area contributed by atoms with Crippen LogP contribution < -0.4 is 4.74 Å². The van der Waals surface area contributed by atoms with Gasteiger partial charge in [-0.1, -0.05) is 11.6 Å². The Kier molecular flexibility index (Phi) is 5.37. The van der Waals surface area contributed by atoms with Gasteiger partial charge in [0.1, 0.15) is 23.9 Å².